The lowest BCUT2D eigenvalue weighted by Gasteiger charge is -2.33. The molecule has 1 saturated heterocycles. The number of hydrogen-bond donors (Lipinski definition) is 0. The zero-order valence-corrected chi connectivity index (χ0v) is 19.5. The molecule has 0 spiro atoms. The van der Waals surface area contributed by atoms with Crippen LogP contribution in [0.4, 0.5) is 0 Å². The number of aromatic nitrogens is 2. The number of quaternary nitrogens is 1. The van der Waals surface area contributed by atoms with Gasteiger partial charge in [0.05, 0.1) is 39.0 Å². The number of para-hydroxylation sites is 1. The summed E-state index contributed by atoms with van der Waals surface area (Å²) in [6.45, 7) is 4.09. The first-order valence-corrected chi connectivity index (χ1v) is 11.8. The van der Waals surface area contributed by atoms with Crippen molar-refractivity contribution in [2.45, 2.75) is 24.9 Å². The average Bonchev–Trinajstić information content (AvgIpc) is 3.30. The van der Waals surface area contributed by atoms with E-state index >= 15 is 0 Å². The van der Waals surface area contributed by atoms with Gasteiger partial charge < -0.3 is 13.6 Å². The lowest BCUT2D eigenvalue weighted by molar-refractivity contribution is -0.914. The molecule has 7 heteroatoms. The molecular weight excluding hydrogens is 408 g/mol. The van der Waals surface area contributed by atoms with Gasteiger partial charge in [-0.2, -0.15) is 0 Å². The number of likely N-dealkylation sites (N-methyl/N-ethyl adjacent to an activating group) is 2. The van der Waals surface area contributed by atoms with Gasteiger partial charge in [-0.25, -0.2) is 4.90 Å². The standard InChI is InChI=1S/C24H31N4O2S/c1-18-16-28(3,4)24(27(18)2)20-12-10-19(11-13-20)23-26-25-22(30-23)17-31-15-14-29-21-8-6-5-7-9-21/h5-13,18,24H,14-17H2,1-4H3/q+1. The Morgan fingerprint density at radius 3 is 2.52 bits per heavy atom. The highest BCUT2D eigenvalue weighted by Gasteiger charge is 2.44. The molecular formula is C24H31N4O2S+. The van der Waals surface area contributed by atoms with Crippen molar-refractivity contribution in [1.82, 2.24) is 15.1 Å². The van der Waals surface area contributed by atoms with E-state index in [1.54, 1.807) is 11.8 Å². The molecule has 6 nitrogen and oxygen atoms in total. The molecule has 4 rings (SSSR count). The van der Waals surface area contributed by atoms with Crippen molar-refractivity contribution < 1.29 is 13.6 Å². The maximum atomic E-state index is 5.88. The van der Waals surface area contributed by atoms with Gasteiger partial charge in [-0.3, -0.25) is 0 Å². The number of nitrogens with zero attached hydrogens (tertiary/aromatic N) is 4. The molecule has 3 aromatic rings. The van der Waals surface area contributed by atoms with Crippen molar-refractivity contribution in [3.63, 3.8) is 0 Å². The van der Waals surface area contributed by atoms with Gasteiger partial charge in [-0.15, -0.1) is 22.0 Å². The smallest absolute Gasteiger partial charge is 0.247 e. The third-order valence-electron chi connectivity index (χ3n) is 5.87. The van der Waals surface area contributed by atoms with E-state index in [1.165, 1.54) is 5.56 Å². The topological polar surface area (TPSA) is 51.4 Å². The predicted octanol–water partition coefficient (Wildman–Crippen LogP) is 4.46. The minimum atomic E-state index is 0.358. The van der Waals surface area contributed by atoms with Crippen molar-refractivity contribution in [2.75, 3.05) is 40.0 Å². The van der Waals surface area contributed by atoms with Crippen LogP contribution in [0, 0.1) is 0 Å². The maximum Gasteiger partial charge on any atom is 0.247 e. The van der Waals surface area contributed by atoms with E-state index in [2.05, 4.69) is 67.4 Å². The summed E-state index contributed by atoms with van der Waals surface area (Å²) in [6, 6.07) is 19.0. The van der Waals surface area contributed by atoms with Crippen molar-refractivity contribution in [3.05, 3.63) is 66.1 Å². The number of benzene rings is 2. The fraction of sp³-hybridized carbons (Fsp3) is 0.417. The number of hydrogen-bond acceptors (Lipinski definition) is 6. The maximum absolute atomic E-state index is 5.88. The first-order valence-electron chi connectivity index (χ1n) is 10.7. The van der Waals surface area contributed by atoms with Crippen LogP contribution in [0.15, 0.2) is 59.0 Å². The predicted molar refractivity (Wildman–Crippen MR) is 125 cm³/mol. The Hall–Kier alpha value is -2.35. The molecule has 1 aliphatic heterocycles. The first-order chi connectivity index (χ1) is 14.9. The lowest BCUT2D eigenvalue weighted by Crippen LogP contribution is -2.41. The highest BCUT2D eigenvalue weighted by atomic mass is 32.2. The summed E-state index contributed by atoms with van der Waals surface area (Å²) in [5, 5.41) is 8.44. The minimum Gasteiger partial charge on any atom is -0.493 e. The van der Waals surface area contributed by atoms with E-state index in [4.69, 9.17) is 9.15 Å². The zero-order chi connectivity index (χ0) is 21.8. The molecule has 164 valence electrons. The van der Waals surface area contributed by atoms with Gasteiger partial charge in [0.25, 0.3) is 0 Å². The molecule has 0 N–H and O–H groups in total. The van der Waals surface area contributed by atoms with E-state index in [0.717, 1.165) is 28.1 Å². The van der Waals surface area contributed by atoms with Crippen LogP contribution in [0.3, 0.4) is 0 Å². The van der Waals surface area contributed by atoms with Crippen molar-refractivity contribution in [2.24, 2.45) is 0 Å². The van der Waals surface area contributed by atoms with Gasteiger partial charge in [-0.05, 0) is 38.2 Å². The summed E-state index contributed by atoms with van der Waals surface area (Å²) < 4.78 is 12.6. The van der Waals surface area contributed by atoms with E-state index < -0.39 is 0 Å². The van der Waals surface area contributed by atoms with Crippen molar-refractivity contribution in [1.29, 1.82) is 0 Å². The molecule has 0 aliphatic carbocycles. The van der Waals surface area contributed by atoms with Crippen LogP contribution in [-0.4, -0.2) is 65.7 Å². The van der Waals surface area contributed by atoms with Crippen LogP contribution in [0.1, 0.15) is 24.5 Å². The highest BCUT2D eigenvalue weighted by Crippen LogP contribution is 2.36. The quantitative estimate of drug-likeness (QED) is 0.382. The Morgan fingerprint density at radius 1 is 1.10 bits per heavy atom. The average molecular weight is 440 g/mol. The van der Waals surface area contributed by atoms with E-state index in [0.29, 0.717) is 36.3 Å². The molecule has 1 aliphatic rings. The van der Waals surface area contributed by atoms with Crippen LogP contribution in [0.5, 0.6) is 5.75 Å². The Labute approximate surface area is 188 Å². The second kappa shape index (κ2) is 9.42. The van der Waals surface area contributed by atoms with Gasteiger partial charge in [0.15, 0.2) is 6.17 Å². The second-order valence-electron chi connectivity index (χ2n) is 8.69. The van der Waals surface area contributed by atoms with Crippen LogP contribution < -0.4 is 4.74 Å². The third-order valence-corrected chi connectivity index (χ3v) is 6.77. The molecule has 31 heavy (non-hydrogen) atoms. The lowest BCUT2D eigenvalue weighted by atomic mass is 10.1. The van der Waals surface area contributed by atoms with Crippen LogP contribution in [-0.2, 0) is 5.75 Å². The number of rotatable bonds is 8. The molecule has 1 fully saturated rings. The van der Waals surface area contributed by atoms with Crippen molar-refractivity contribution >= 4 is 11.8 Å². The van der Waals surface area contributed by atoms with Crippen LogP contribution >= 0.6 is 11.8 Å². The van der Waals surface area contributed by atoms with Crippen LogP contribution in [0.2, 0.25) is 0 Å². The highest BCUT2D eigenvalue weighted by molar-refractivity contribution is 7.98. The fourth-order valence-electron chi connectivity index (χ4n) is 4.40. The zero-order valence-electron chi connectivity index (χ0n) is 18.7. The number of ether oxygens (including phenoxy) is 1. The van der Waals surface area contributed by atoms with Gasteiger partial charge in [0.2, 0.25) is 11.8 Å². The number of thioether (sulfide) groups is 1. The summed E-state index contributed by atoms with van der Waals surface area (Å²) in [5.41, 5.74) is 2.27. The molecule has 0 saturated carbocycles. The van der Waals surface area contributed by atoms with E-state index in [1.807, 2.05) is 30.3 Å². The molecule has 0 radical (unpaired) electrons. The molecule has 2 heterocycles. The third kappa shape index (κ3) is 5.11. The molecule has 2 aromatic carbocycles. The van der Waals surface area contributed by atoms with Gasteiger partial charge in [0.1, 0.15) is 5.75 Å². The van der Waals surface area contributed by atoms with E-state index in [9.17, 15) is 0 Å². The Balaban J connectivity index is 1.31. The molecule has 0 amide bonds. The summed E-state index contributed by atoms with van der Waals surface area (Å²) in [7, 11) is 6.81. The summed E-state index contributed by atoms with van der Waals surface area (Å²) in [5.74, 6) is 3.66. The van der Waals surface area contributed by atoms with Gasteiger partial charge in [-0.1, -0.05) is 30.3 Å². The largest absolute Gasteiger partial charge is 0.493 e. The normalized spacial score (nSPS) is 20.8. The van der Waals surface area contributed by atoms with Gasteiger partial charge >= 0.3 is 0 Å². The summed E-state index contributed by atoms with van der Waals surface area (Å²) >= 11 is 1.72. The summed E-state index contributed by atoms with van der Waals surface area (Å²) in [6.07, 6.45) is 0.358. The second-order valence-corrected chi connectivity index (χ2v) is 9.79. The molecule has 1 aromatic heterocycles. The molecule has 2 unspecified atom stereocenters. The molecule has 0 bridgehead atoms. The fourth-order valence-corrected chi connectivity index (χ4v) is 5.04. The first kappa shape index (κ1) is 21.9. The Morgan fingerprint density at radius 2 is 1.84 bits per heavy atom. The monoisotopic (exact) mass is 439 g/mol. The SMILES string of the molecule is CC1C[N+](C)(C)C(c2ccc(-c3nnc(CSCCOc4ccccc4)o3)cc2)N1C. The Bertz CT molecular complexity index is 975. The summed E-state index contributed by atoms with van der Waals surface area (Å²) in [4.78, 5) is 2.46. The van der Waals surface area contributed by atoms with Crippen molar-refractivity contribution in [3.8, 4) is 17.2 Å². The minimum absolute atomic E-state index is 0.358. The van der Waals surface area contributed by atoms with Crippen LogP contribution in [0.25, 0.3) is 11.5 Å². The Kier molecular flexibility index (Phi) is 6.65. The van der Waals surface area contributed by atoms with Gasteiger partial charge in [0, 0.05) is 16.9 Å². The van der Waals surface area contributed by atoms with E-state index in [-0.39, 0.29) is 0 Å². The molecule has 2 atom stereocenters.